The average molecular weight is 596 g/mol. The molecule has 0 aliphatic carbocycles. The minimum absolute atomic E-state index is 0.0326. The molecule has 6 heteroatoms. The third kappa shape index (κ3) is 7.24. The molecule has 1 amide bonds. The normalized spacial score (nSPS) is 11.7. The first-order chi connectivity index (χ1) is 22.1. The predicted octanol–water partition coefficient (Wildman–Crippen LogP) is 7.82. The first-order valence-electron chi connectivity index (χ1n) is 15.2. The second-order valence-corrected chi connectivity index (χ2v) is 11.3. The fourth-order valence-electron chi connectivity index (χ4n) is 5.70. The first kappa shape index (κ1) is 29.7. The maximum absolute atomic E-state index is 13.6. The van der Waals surface area contributed by atoms with Gasteiger partial charge in [-0.25, -0.2) is 0 Å². The molecule has 0 saturated carbocycles. The first-order valence-corrected chi connectivity index (χ1v) is 15.2. The van der Waals surface area contributed by atoms with Crippen molar-refractivity contribution in [2.75, 3.05) is 7.11 Å². The number of nitrogens with zero attached hydrogens (tertiary/aromatic N) is 2. The van der Waals surface area contributed by atoms with Gasteiger partial charge >= 0.3 is 0 Å². The van der Waals surface area contributed by atoms with Crippen LogP contribution in [0.2, 0.25) is 0 Å². The highest BCUT2D eigenvalue weighted by Crippen LogP contribution is 2.39. The number of aromatic nitrogens is 2. The molecule has 0 unspecified atom stereocenters. The summed E-state index contributed by atoms with van der Waals surface area (Å²) >= 11 is 0. The lowest BCUT2D eigenvalue weighted by molar-refractivity contribution is -0.121. The maximum atomic E-state index is 13.6. The van der Waals surface area contributed by atoms with Crippen molar-refractivity contribution in [2.24, 2.45) is 0 Å². The molecule has 0 aliphatic heterocycles. The van der Waals surface area contributed by atoms with Crippen molar-refractivity contribution in [3.8, 4) is 11.5 Å². The highest BCUT2D eigenvalue weighted by atomic mass is 16.5. The van der Waals surface area contributed by atoms with Gasteiger partial charge in [-0.05, 0) is 65.1 Å². The van der Waals surface area contributed by atoms with Gasteiger partial charge in [-0.15, -0.1) is 0 Å². The Morgan fingerprint density at radius 1 is 0.822 bits per heavy atom. The van der Waals surface area contributed by atoms with E-state index < -0.39 is 0 Å². The molecule has 0 spiro atoms. The Morgan fingerprint density at radius 3 is 2.36 bits per heavy atom. The Kier molecular flexibility index (Phi) is 9.21. The molecule has 6 rings (SSSR count). The van der Waals surface area contributed by atoms with E-state index in [9.17, 15) is 4.79 Å². The SMILES string of the molecule is COc1ccc([C@@H](CC(=O)NCc2ccncc2)c2cn(Cc3ccc(C)cc3)c3ccccc23)cc1OCc1ccccc1. The molecule has 6 aromatic rings. The van der Waals surface area contributed by atoms with Crippen LogP contribution in [-0.4, -0.2) is 22.6 Å². The minimum atomic E-state index is -0.225. The summed E-state index contributed by atoms with van der Waals surface area (Å²) in [5.41, 5.74) is 7.73. The topological polar surface area (TPSA) is 65.4 Å². The summed E-state index contributed by atoms with van der Waals surface area (Å²) in [5, 5.41) is 4.25. The lowest BCUT2D eigenvalue weighted by Gasteiger charge is -2.20. The van der Waals surface area contributed by atoms with E-state index in [0.717, 1.165) is 39.7 Å². The van der Waals surface area contributed by atoms with Crippen LogP contribution in [-0.2, 0) is 24.5 Å². The zero-order chi connectivity index (χ0) is 31.0. The van der Waals surface area contributed by atoms with Crippen molar-refractivity contribution in [3.63, 3.8) is 0 Å². The van der Waals surface area contributed by atoms with Gasteiger partial charge in [-0.2, -0.15) is 0 Å². The number of hydrogen-bond acceptors (Lipinski definition) is 4. The Balaban J connectivity index is 1.37. The lowest BCUT2D eigenvalue weighted by atomic mass is 9.87. The summed E-state index contributed by atoms with van der Waals surface area (Å²) in [6.45, 7) is 3.69. The van der Waals surface area contributed by atoms with E-state index in [4.69, 9.17) is 9.47 Å². The molecule has 0 fully saturated rings. The molecule has 2 aromatic heterocycles. The summed E-state index contributed by atoms with van der Waals surface area (Å²) < 4.78 is 14.3. The van der Waals surface area contributed by atoms with Gasteiger partial charge in [0.2, 0.25) is 5.91 Å². The number of carbonyl (C=O) groups excluding carboxylic acids is 1. The molecular weight excluding hydrogens is 558 g/mol. The highest BCUT2D eigenvalue weighted by molar-refractivity contribution is 5.87. The summed E-state index contributed by atoms with van der Waals surface area (Å²) in [6, 6.07) is 36.9. The van der Waals surface area contributed by atoms with Crippen LogP contribution in [0.25, 0.3) is 10.9 Å². The van der Waals surface area contributed by atoms with Crippen LogP contribution in [0.1, 0.15) is 45.7 Å². The Labute approximate surface area is 264 Å². The Bertz CT molecular complexity index is 1870. The highest BCUT2D eigenvalue weighted by Gasteiger charge is 2.24. The smallest absolute Gasteiger partial charge is 0.221 e. The van der Waals surface area contributed by atoms with Crippen molar-refractivity contribution in [1.29, 1.82) is 0 Å². The fraction of sp³-hybridized carbons (Fsp3) is 0.179. The van der Waals surface area contributed by atoms with Crippen LogP contribution >= 0.6 is 0 Å². The Morgan fingerprint density at radius 2 is 1.58 bits per heavy atom. The number of nitrogens with one attached hydrogen (secondary N) is 1. The number of ether oxygens (including phenoxy) is 2. The number of hydrogen-bond donors (Lipinski definition) is 1. The molecule has 4 aromatic carbocycles. The molecule has 0 aliphatic rings. The van der Waals surface area contributed by atoms with E-state index in [-0.39, 0.29) is 18.2 Å². The number of amides is 1. The molecule has 1 atom stereocenters. The van der Waals surface area contributed by atoms with Gasteiger partial charge in [0, 0.05) is 54.9 Å². The van der Waals surface area contributed by atoms with Gasteiger partial charge in [0.05, 0.1) is 7.11 Å². The van der Waals surface area contributed by atoms with Gasteiger partial charge in [0.25, 0.3) is 0 Å². The summed E-state index contributed by atoms with van der Waals surface area (Å²) in [5.74, 6) is 1.04. The van der Waals surface area contributed by atoms with Gasteiger partial charge in [-0.3, -0.25) is 9.78 Å². The van der Waals surface area contributed by atoms with Gasteiger partial charge in [0.1, 0.15) is 6.61 Å². The summed E-state index contributed by atoms with van der Waals surface area (Å²) in [7, 11) is 1.65. The van der Waals surface area contributed by atoms with Crippen molar-refractivity contribution in [3.05, 3.63) is 161 Å². The molecule has 6 nitrogen and oxygen atoms in total. The monoisotopic (exact) mass is 595 g/mol. The van der Waals surface area contributed by atoms with Crippen molar-refractivity contribution < 1.29 is 14.3 Å². The molecule has 45 heavy (non-hydrogen) atoms. The van der Waals surface area contributed by atoms with E-state index in [1.807, 2.05) is 60.7 Å². The maximum Gasteiger partial charge on any atom is 0.221 e. The Hall–Kier alpha value is -5.36. The van der Waals surface area contributed by atoms with Crippen molar-refractivity contribution in [1.82, 2.24) is 14.9 Å². The molecular formula is C39H37N3O3. The number of rotatable bonds is 12. The van der Waals surface area contributed by atoms with Gasteiger partial charge in [0.15, 0.2) is 11.5 Å². The molecule has 0 radical (unpaired) electrons. The van der Waals surface area contributed by atoms with Crippen LogP contribution in [0.15, 0.2) is 128 Å². The third-order valence-electron chi connectivity index (χ3n) is 8.12. The molecule has 226 valence electrons. The molecule has 2 heterocycles. The fourth-order valence-corrected chi connectivity index (χ4v) is 5.70. The zero-order valence-electron chi connectivity index (χ0n) is 25.6. The van der Waals surface area contributed by atoms with Crippen LogP contribution in [0.5, 0.6) is 11.5 Å². The van der Waals surface area contributed by atoms with E-state index in [2.05, 4.69) is 76.5 Å². The molecule has 1 N–H and O–H groups in total. The van der Waals surface area contributed by atoms with Gasteiger partial charge < -0.3 is 19.4 Å². The number of fused-ring (bicyclic) bond motifs is 1. The van der Waals surface area contributed by atoms with E-state index in [1.54, 1.807) is 19.5 Å². The number of carbonyl (C=O) groups is 1. The van der Waals surface area contributed by atoms with Crippen LogP contribution in [0.3, 0.4) is 0 Å². The second-order valence-electron chi connectivity index (χ2n) is 11.3. The van der Waals surface area contributed by atoms with E-state index >= 15 is 0 Å². The molecule has 0 bridgehead atoms. The van der Waals surface area contributed by atoms with Crippen LogP contribution in [0.4, 0.5) is 0 Å². The standard InChI is InChI=1S/C39H37N3O3/c1-28-12-14-30(15-13-28)25-42-26-35(33-10-6-7-11-36(33)42)34(23-39(43)41-24-29-18-20-40-21-19-29)32-16-17-37(44-2)38(22-32)45-27-31-8-4-3-5-9-31/h3-22,26,34H,23-25,27H2,1-2H3,(H,41,43)/t34-/m1/s1. The predicted molar refractivity (Wildman–Crippen MR) is 179 cm³/mol. The summed E-state index contributed by atoms with van der Waals surface area (Å²) in [4.78, 5) is 17.7. The quantitative estimate of drug-likeness (QED) is 0.157. The largest absolute Gasteiger partial charge is 0.493 e. The van der Waals surface area contributed by atoms with Crippen molar-refractivity contribution in [2.45, 2.75) is 39.0 Å². The number of benzene rings is 4. The average Bonchev–Trinajstić information content (AvgIpc) is 3.45. The van der Waals surface area contributed by atoms with Gasteiger partial charge in [-0.1, -0.05) is 84.4 Å². The molecule has 0 saturated heterocycles. The lowest BCUT2D eigenvalue weighted by Crippen LogP contribution is -2.25. The van der Waals surface area contributed by atoms with Crippen LogP contribution < -0.4 is 14.8 Å². The second kappa shape index (κ2) is 14.0. The summed E-state index contributed by atoms with van der Waals surface area (Å²) in [6.07, 6.45) is 5.96. The zero-order valence-corrected chi connectivity index (χ0v) is 25.6. The third-order valence-corrected chi connectivity index (χ3v) is 8.12. The number of pyridine rings is 1. The number of methoxy groups -OCH3 is 1. The van der Waals surface area contributed by atoms with E-state index in [1.165, 1.54) is 11.1 Å². The number of para-hydroxylation sites is 1. The number of aryl methyl sites for hydroxylation is 1. The van der Waals surface area contributed by atoms with E-state index in [0.29, 0.717) is 24.7 Å². The minimum Gasteiger partial charge on any atom is -0.493 e. The van der Waals surface area contributed by atoms with Crippen LogP contribution in [0, 0.1) is 6.92 Å². The van der Waals surface area contributed by atoms with Crippen molar-refractivity contribution >= 4 is 16.8 Å².